The van der Waals surface area contributed by atoms with Crippen molar-refractivity contribution in [2.45, 2.75) is 83.7 Å². The van der Waals surface area contributed by atoms with E-state index in [1.807, 2.05) is 6.08 Å². The second-order valence-corrected chi connectivity index (χ2v) is 11.2. The number of allylic oxidation sites excluding steroid dienone is 4. The third kappa shape index (κ3) is 3.06. The molecule has 0 bridgehead atoms. The van der Waals surface area contributed by atoms with Crippen molar-refractivity contribution in [3.8, 4) is 0 Å². The van der Waals surface area contributed by atoms with E-state index in [1.165, 1.54) is 0 Å². The van der Waals surface area contributed by atoms with Gasteiger partial charge < -0.3 is 14.2 Å². The minimum atomic E-state index is -1.23. The van der Waals surface area contributed by atoms with Crippen molar-refractivity contribution in [2.75, 3.05) is 13.7 Å². The number of fused-ring (bicyclic) bond motifs is 6. The molecule has 6 heteroatoms. The second-order valence-electron chi connectivity index (χ2n) is 11.2. The number of ketones is 3. The van der Waals surface area contributed by atoms with Gasteiger partial charge in [0.1, 0.15) is 18.0 Å². The molecule has 4 aliphatic carbocycles. The summed E-state index contributed by atoms with van der Waals surface area (Å²) in [5.41, 5.74) is -0.982. The van der Waals surface area contributed by atoms with Gasteiger partial charge in [-0.3, -0.25) is 14.4 Å². The van der Waals surface area contributed by atoms with Gasteiger partial charge in [-0.25, -0.2) is 0 Å². The highest BCUT2D eigenvalue weighted by molar-refractivity contribution is 6.02. The van der Waals surface area contributed by atoms with Crippen LogP contribution < -0.4 is 0 Å². The van der Waals surface area contributed by atoms with Crippen molar-refractivity contribution < 1.29 is 28.6 Å². The average molecular weight is 457 g/mol. The Hall–Kier alpha value is -1.63. The Balaban J connectivity index is 1.52. The van der Waals surface area contributed by atoms with Crippen LogP contribution in [0.25, 0.3) is 0 Å². The molecular formula is C27H36O6. The van der Waals surface area contributed by atoms with Gasteiger partial charge in [0.15, 0.2) is 11.6 Å². The van der Waals surface area contributed by atoms with Crippen molar-refractivity contribution >= 4 is 17.3 Å². The Morgan fingerprint density at radius 3 is 2.70 bits per heavy atom. The zero-order valence-corrected chi connectivity index (χ0v) is 20.3. The first-order chi connectivity index (χ1) is 15.6. The van der Waals surface area contributed by atoms with Crippen molar-refractivity contribution in [1.82, 2.24) is 0 Å². The highest BCUT2D eigenvalue weighted by atomic mass is 16.9. The normalized spacial score (nSPS) is 46.7. The molecule has 1 spiro atoms. The fraction of sp³-hybridized carbons (Fsp3) is 0.741. The smallest absolute Gasteiger partial charge is 0.284 e. The Labute approximate surface area is 196 Å². The largest absolute Gasteiger partial charge is 0.331 e. The third-order valence-corrected chi connectivity index (χ3v) is 9.73. The number of Topliss-reactive ketones (excluding diaryl/α,β-unsaturated/α-hetero) is 2. The number of carbonyl (C=O) groups is 3. The lowest BCUT2D eigenvalue weighted by molar-refractivity contribution is -0.424. The maximum absolute atomic E-state index is 13.9. The molecule has 1 saturated heterocycles. The molecule has 5 aliphatic rings. The number of carbonyl (C=O) groups excluding carboxylic acids is 3. The van der Waals surface area contributed by atoms with E-state index in [9.17, 15) is 14.4 Å². The summed E-state index contributed by atoms with van der Waals surface area (Å²) in [6.07, 6.45) is 11.1. The number of methoxy groups -OCH3 is 1. The van der Waals surface area contributed by atoms with E-state index in [-0.39, 0.29) is 41.7 Å². The summed E-state index contributed by atoms with van der Waals surface area (Å²) >= 11 is 0. The lowest BCUT2D eigenvalue weighted by atomic mass is 9.46. The summed E-state index contributed by atoms with van der Waals surface area (Å²) in [7, 11) is 1.57. The quantitative estimate of drug-likeness (QED) is 0.627. The van der Waals surface area contributed by atoms with Crippen molar-refractivity contribution in [1.29, 1.82) is 0 Å². The molecule has 3 saturated carbocycles. The minimum Gasteiger partial charge on any atom is -0.331 e. The van der Waals surface area contributed by atoms with Gasteiger partial charge in [0, 0.05) is 36.7 Å². The van der Waals surface area contributed by atoms with Crippen LogP contribution in [0, 0.1) is 28.6 Å². The first-order valence-corrected chi connectivity index (χ1v) is 12.5. The molecule has 1 heterocycles. The van der Waals surface area contributed by atoms with E-state index >= 15 is 0 Å². The first kappa shape index (κ1) is 23.1. The molecule has 6 nitrogen and oxygen atoms in total. The Morgan fingerprint density at radius 2 is 1.97 bits per heavy atom. The van der Waals surface area contributed by atoms with Gasteiger partial charge in [-0.1, -0.05) is 38.8 Å². The van der Waals surface area contributed by atoms with Crippen LogP contribution in [-0.4, -0.2) is 42.6 Å². The van der Waals surface area contributed by atoms with Crippen LogP contribution >= 0.6 is 0 Å². The summed E-state index contributed by atoms with van der Waals surface area (Å²) in [5, 5.41) is 0. The van der Waals surface area contributed by atoms with Gasteiger partial charge in [0.25, 0.3) is 5.97 Å². The van der Waals surface area contributed by atoms with Gasteiger partial charge in [-0.05, 0) is 56.1 Å². The van der Waals surface area contributed by atoms with Crippen LogP contribution in [0.2, 0.25) is 0 Å². The number of unbranched alkanes of at least 4 members (excludes halogenated alkanes) is 1. The van der Waals surface area contributed by atoms with Crippen LogP contribution in [0.3, 0.4) is 0 Å². The molecular weight excluding hydrogens is 420 g/mol. The summed E-state index contributed by atoms with van der Waals surface area (Å²) in [6, 6.07) is 0. The van der Waals surface area contributed by atoms with Gasteiger partial charge in [-0.15, -0.1) is 0 Å². The van der Waals surface area contributed by atoms with Crippen LogP contribution in [0.4, 0.5) is 0 Å². The lowest BCUT2D eigenvalue weighted by Gasteiger charge is -2.59. The molecule has 5 rings (SSSR count). The predicted molar refractivity (Wildman–Crippen MR) is 121 cm³/mol. The second kappa shape index (κ2) is 7.69. The molecule has 33 heavy (non-hydrogen) atoms. The average Bonchev–Trinajstić information content (AvgIpc) is 3.07. The summed E-state index contributed by atoms with van der Waals surface area (Å²) in [5.74, 6) is -0.881. The highest BCUT2D eigenvalue weighted by Crippen LogP contribution is 2.68. The Kier molecular flexibility index (Phi) is 5.39. The predicted octanol–water partition coefficient (Wildman–Crippen LogP) is 4.32. The molecule has 0 radical (unpaired) electrons. The maximum Gasteiger partial charge on any atom is 0.284 e. The number of ether oxygens (including phenoxy) is 3. The molecule has 0 aromatic heterocycles. The molecule has 0 aromatic rings. The van der Waals surface area contributed by atoms with E-state index in [1.54, 1.807) is 19.3 Å². The fourth-order valence-corrected chi connectivity index (χ4v) is 8.01. The Bertz CT molecular complexity index is 950. The van der Waals surface area contributed by atoms with Crippen molar-refractivity contribution in [3.63, 3.8) is 0 Å². The molecule has 180 valence electrons. The van der Waals surface area contributed by atoms with Gasteiger partial charge in [0.2, 0.25) is 0 Å². The zero-order chi connectivity index (χ0) is 23.6. The highest BCUT2D eigenvalue weighted by Gasteiger charge is 2.72. The van der Waals surface area contributed by atoms with Gasteiger partial charge >= 0.3 is 0 Å². The lowest BCUT2D eigenvalue weighted by Crippen LogP contribution is -2.67. The number of rotatable bonds is 4. The van der Waals surface area contributed by atoms with Crippen molar-refractivity contribution in [2.24, 2.45) is 28.6 Å². The number of hydrogen-bond donors (Lipinski definition) is 0. The van der Waals surface area contributed by atoms with E-state index in [0.29, 0.717) is 19.3 Å². The molecule has 7 atom stereocenters. The van der Waals surface area contributed by atoms with Crippen LogP contribution in [0.15, 0.2) is 23.8 Å². The first-order valence-electron chi connectivity index (χ1n) is 12.5. The van der Waals surface area contributed by atoms with Gasteiger partial charge in [-0.2, -0.15) is 0 Å². The van der Waals surface area contributed by atoms with E-state index in [0.717, 1.165) is 37.7 Å². The summed E-state index contributed by atoms with van der Waals surface area (Å²) < 4.78 is 18.2. The van der Waals surface area contributed by atoms with Gasteiger partial charge in [0.05, 0.1) is 0 Å². The Morgan fingerprint density at radius 1 is 1.18 bits per heavy atom. The standard InChI is InChI=1S/C27H36O6/c1-5-6-11-27(31-4)32-16-22(30)26(33-27)13-10-20-19-8-7-17-14-18(28)9-12-24(17,2)23(19)21(29)15-25(20,26)3/h9,12,14,19-20,23H,5-8,10-11,13,15-16H2,1-4H3/t19-,20-,23+,24+,25+,26-,27-/m1/s1. The fourth-order valence-electron chi connectivity index (χ4n) is 8.01. The zero-order valence-electron chi connectivity index (χ0n) is 20.3. The van der Waals surface area contributed by atoms with Crippen LogP contribution in [0.5, 0.6) is 0 Å². The minimum absolute atomic E-state index is 0.0121. The summed E-state index contributed by atoms with van der Waals surface area (Å²) in [6.45, 7) is 6.26. The molecule has 4 fully saturated rings. The van der Waals surface area contributed by atoms with Crippen LogP contribution in [0.1, 0.15) is 72.1 Å². The maximum atomic E-state index is 13.9. The SMILES string of the molecule is CCCC[C@@]1(OC)OCC(=O)[C@@]2(CC[C@@H]3[C@H]4CCC5=CC(=O)C=C[C@]5(C)[C@@H]4C(=O)C[C@@]32C)O1. The molecule has 0 unspecified atom stereocenters. The molecule has 0 amide bonds. The van der Waals surface area contributed by atoms with Crippen molar-refractivity contribution in [3.05, 3.63) is 23.8 Å². The van der Waals surface area contributed by atoms with E-state index in [2.05, 4.69) is 20.8 Å². The molecule has 1 aliphatic heterocycles. The topological polar surface area (TPSA) is 78.9 Å². The third-order valence-electron chi connectivity index (χ3n) is 9.73. The number of hydrogen-bond acceptors (Lipinski definition) is 6. The molecule has 0 N–H and O–H groups in total. The monoisotopic (exact) mass is 456 g/mol. The van der Waals surface area contributed by atoms with Crippen LogP contribution in [-0.2, 0) is 28.6 Å². The van der Waals surface area contributed by atoms with E-state index in [4.69, 9.17) is 14.2 Å². The molecule has 0 aromatic carbocycles. The van der Waals surface area contributed by atoms with E-state index < -0.39 is 22.4 Å². The summed E-state index contributed by atoms with van der Waals surface area (Å²) in [4.78, 5) is 39.4.